The zero-order valence-corrected chi connectivity index (χ0v) is 17.6. The molecule has 1 aliphatic rings. The Morgan fingerprint density at radius 3 is 2.41 bits per heavy atom. The first kappa shape index (κ1) is 23.4. The molecule has 0 unspecified atom stereocenters. The Balaban J connectivity index is 1.56. The van der Waals surface area contributed by atoms with E-state index in [0.717, 1.165) is 44.3 Å². The number of nitrogens with one attached hydrogen (secondary N) is 1. The maximum absolute atomic E-state index is 13.8. The first-order valence-corrected chi connectivity index (χ1v) is 10.4. The van der Waals surface area contributed by atoms with Crippen molar-refractivity contribution < 1.29 is 31.5 Å². The standard InChI is InChI=1S/C23H19F5N4O2/c24-16-9-14(11-29-13-16)19-10-15(12-30-20(19)32-7-1-2-8-32)21(33)31-17-3-5-18(6-4-17)34-23(27,28)22(25)26/h3-6,9-13,22H,1-2,7-8H2,(H,31,33). The molecular formula is C23H19F5N4O2. The van der Waals surface area contributed by atoms with Crippen molar-refractivity contribution in [2.45, 2.75) is 25.4 Å². The third-order valence-corrected chi connectivity index (χ3v) is 5.17. The maximum atomic E-state index is 13.8. The van der Waals surface area contributed by atoms with Crippen LogP contribution in [0.3, 0.4) is 0 Å². The second kappa shape index (κ2) is 9.62. The molecule has 3 heterocycles. The van der Waals surface area contributed by atoms with E-state index in [1.807, 2.05) is 0 Å². The van der Waals surface area contributed by atoms with Gasteiger partial charge in [0, 0.05) is 42.3 Å². The highest BCUT2D eigenvalue weighted by molar-refractivity contribution is 6.05. The number of rotatable bonds is 7. The average Bonchev–Trinajstić information content (AvgIpc) is 3.34. The third-order valence-electron chi connectivity index (χ3n) is 5.17. The number of hydrogen-bond acceptors (Lipinski definition) is 5. The molecule has 3 aromatic rings. The number of carbonyl (C=O) groups is 1. The summed E-state index contributed by atoms with van der Waals surface area (Å²) >= 11 is 0. The van der Waals surface area contributed by atoms with Crippen LogP contribution in [0, 0.1) is 5.82 Å². The van der Waals surface area contributed by atoms with Gasteiger partial charge in [0.15, 0.2) is 0 Å². The van der Waals surface area contributed by atoms with Crippen LogP contribution in [-0.2, 0) is 0 Å². The molecular weight excluding hydrogens is 459 g/mol. The Labute approximate surface area is 191 Å². The Morgan fingerprint density at radius 1 is 1.06 bits per heavy atom. The molecule has 11 heteroatoms. The molecule has 1 saturated heterocycles. The first-order valence-electron chi connectivity index (χ1n) is 10.4. The number of carbonyl (C=O) groups excluding carboxylic acids is 1. The van der Waals surface area contributed by atoms with Gasteiger partial charge >= 0.3 is 12.5 Å². The van der Waals surface area contributed by atoms with Gasteiger partial charge in [0.2, 0.25) is 0 Å². The van der Waals surface area contributed by atoms with Gasteiger partial charge in [0.1, 0.15) is 17.4 Å². The zero-order valence-electron chi connectivity index (χ0n) is 17.6. The Morgan fingerprint density at radius 2 is 1.76 bits per heavy atom. The molecule has 0 bridgehead atoms. The van der Waals surface area contributed by atoms with E-state index in [1.165, 1.54) is 30.6 Å². The van der Waals surface area contributed by atoms with Crippen LogP contribution in [0.4, 0.5) is 33.5 Å². The summed E-state index contributed by atoms with van der Waals surface area (Å²) in [6.45, 7) is 1.57. The van der Waals surface area contributed by atoms with Crippen LogP contribution >= 0.6 is 0 Å². The predicted molar refractivity (Wildman–Crippen MR) is 115 cm³/mol. The highest BCUT2D eigenvalue weighted by Crippen LogP contribution is 2.32. The lowest BCUT2D eigenvalue weighted by molar-refractivity contribution is -0.253. The van der Waals surface area contributed by atoms with E-state index in [4.69, 9.17) is 0 Å². The summed E-state index contributed by atoms with van der Waals surface area (Å²) in [6.07, 6.45) is -2.68. The van der Waals surface area contributed by atoms with E-state index in [0.29, 0.717) is 16.9 Å². The molecule has 0 radical (unpaired) electrons. The monoisotopic (exact) mass is 478 g/mol. The van der Waals surface area contributed by atoms with E-state index in [-0.39, 0.29) is 11.3 Å². The van der Waals surface area contributed by atoms with E-state index in [9.17, 15) is 26.7 Å². The Bertz CT molecular complexity index is 1170. The first-order chi connectivity index (χ1) is 16.2. The fourth-order valence-corrected chi connectivity index (χ4v) is 3.55. The number of anilines is 2. The summed E-state index contributed by atoms with van der Waals surface area (Å²) in [5.74, 6) is -0.958. The van der Waals surface area contributed by atoms with Gasteiger partial charge in [-0.3, -0.25) is 9.78 Å². The van der Waals surface area contributed by atoms with Crippen molar-refractivity contribution in [1.82, 2.24) is 9.97 Å². The molecule has 0 aliphatic carbocycles. The van der Waals surface area contributed by atoms with Gasteiger partial charge in [-0.15, -0.1) is 0 Å². The highest BCUT2D eigenvalue weighted by Gasteiger charge is 2.43. The van der Waals surface area contributed by atoms with Crippen LogP contribution < -0.4 is 15.0 Å². The third kappa shape index (κ3) is 5.24. The van der Waals surface area contributed by atoms with Gasteiger partial charge < -0.3 is 15.0 Å². The summed E-state index contributed by atoms with van der Waals surface area (Å²) < 4.78 is 68.4. The van der Waals surface area contributed by atoms with Gasteiger partial charge in [-0.1, -0.05) is 0 Å². The largest absolute Gasteiger partial charge is 0.461 e. The lowest BCUT2D eigenvalue weighted by Crippen LogP contribution is -2.33. The number of benzene rings is 1. The number of pyridine rings is 2. The van der Waals surface area contributed by atoms with Crippen LogP contribution in [0.2, 0.25) is 0 Å². The van der Waals surface area contributed by atoms with Crippen molar-refractivity contribution in [2.24, 2.45) is 0 Å². The van der Waals surface area contributed by atoms with Gasteiger partial charge in [-0.25, -0.2) is 9.37 Å². The van der Waals surface area contributed by atoms with Crippen LogP contribution in [0.5, 0.6) is 5.75 Å². The average molecular weight is 478 g/mol. The molecule has 1 aliphatic heterocycles. The molecule has 34 heavy (non-hydrogen) atoms. The summed E-state index contributed by atoms with van der Waals surface area (Å²) in [5.41, 5.74) is 1.40. The molecule has 178 valence electrons. The van der Waals surface area contributed by atoms with Crippen molar-refractivity contribution in [2.75, 3.05) is 23.3 Å². The van der Waals surface area contributed by atoms with E-state index in [1.54, 1.807) is 6.07 Å². The van der Waals surface area contributed by atoms with Gasteiger partial charge in [-0.2, -0.15) is 17.6 Å². The second-order valence-electron chi connectivity index (χ2n) is 7.62. The molecule has 1 N–H and O–H groups in total. The number of aromatic nitrogens is 2. The number of nitrogens with zero attached hydrogens (tertiary/aromatic N) is 3. The Hall–Kier alpha value is -3.76. The van der Waals surface area contributed by atoms with Crippen LogP contribution in [0.15, 0.2) is 55.0 Å². The fourth-order valence-electron chi connectivity index (χ4n) is 3.55. The molecule has 6 nitrogen and oxygen atoms in total. The summed E-state index contributed by atoms with van der Waals surface area (Å²) in [5, 5.41) is 2.58. The minimum atomic E-state index is -4.63. The number of hydrogen-bond donors (Lipinski definition) is 1. The van der Waals surface area contributed by atoms with Gasteiger partial charge in [-0.05, 0) is 49.2 Å². The van der Waals surface area contributed by atoms with Crippen molar-refractivity contribution in [1.29, 1.82) is 0 Å². The normalized spacial score (nSPS) is 13.9. The van der Waals surface area contributed by atoms with E-state index >= 15 is 0 Å². The van der Waals surface area contributed by atoms with Crippen molar-refractivity contribution in [3.63, 3.8) is 0 Å². The van der Waals surface area contributed by atoms with E-state index < -0.39 is 30.0 Å². The fraction of sp³-hybridized carbons (Fsp3) is 0.261. The van der Waals surface area contributed by atoms with Crippen molar-refractivity contribution in [3.05, 3.63) is 66.4 Å². The second-order valence-corrected chi connectivity index (χ2v) is 7.62. The van der Waals surface area contributed by atoms with E-state index in [2.05, 4.69) is 24.9 Å². The molecule has 2 aromatic heterocycles. The molecule has 1 aromatic carbocycles. The van der Waals surface area contributed by atoms with Crippen LogP contribution in [-0.4, -0.2) is 41.5 Å². The number of ether oxygens (including phenoxy) is 1. The SMILES string of the molecule is O=C(Nc1ccc(OC(F)(F)C(F)F)cc1)c1cnc(N2CCCC2)c(-c2cncc(F)c2)c1. The molecule has 0 saturated carbocycles. The summed E-state index contributed by atoms with van der Waals surface area (Å²) in [7, 11) is 0. The highest BCUT2D eigenvalue weighted by atomic mass is 19.3. The predicted octanol–water partition coefficient (Wildman–Crippen LogP) is 5.37. The molecule has 0 atom stereocenters. The topological polar surface area (TPSA) is 67.3 Å². The van der Waals surface area contributed by atoms with Crippen molar-refractivity contribution in [3.8, 4) is 16.9 Å². The number of halogens is 5. The molecule has 1 fully saturated rings. The van der Waals surface area contributed by atoms with Crippen LogP contribution in [0.1, 0.15) is 23.2 Å². The minimum absolute atomic E-state index is 0.173. The van der Waals surface area contributed by atoms with Crippen molar-refractivity contribution >= 4 is 17.4 Å². The summed E-state index contributed by atoms with van der Waals surface area (Å²) in [6, 6.07) is 7.41. The minimum Gasteiger partial charge on any atom is -0.428 e. The summed E-state index contributed by atoms with van der Waals surface area (Å²) in [4.78, 5) is 23.2. The quantitative estimate of drug-likeness (QED) is 0.463. The van der Waals surface area contributed by atoms with Gasteiger partial charge in [0.25, 0.3) is 5.91 Å². The lowest BCUT2D eigenvalue weighted by Gasteiger charge is -2.21. The molecule has 0 spiro atoms. The lowest BCUT2D eigenvalue weighted by atomic mass is 10.1. The molecule has 1 amide bonds. The number of amides is 1. The zero-order chi connectivity index (χ0) is 24.3. The maximum Gasteiger partial charge on any atom is 0.461 e. The van der Waals surface area contributed by atoms with Crippen LogP contribution in [0.25, 0.3) is 11.1 Å². The molecule has 4 rings (SSSR count). The smallest absolute Gasteiger partial charge is 0.428 e. The Kier molecular flexibility index (Phi) is 6.62. The number of alkyl halides is 4. The van der Waals surface area contributed by atoms with Gasteiger partial charge in [0.05, 0.1) is 11.8 Å².